The van der Waals surface area contributed by atoms with Crippen LogP contribution in [0.1, 0.15) is 21.8 Å². The summed E-state index contributed by atoms with van der Waals surface area (Å²) in [6, 6.07) is 11.5. The summed E-state index contributed by atoms with van der Waals surface area (Å²) in [6.45, 7) is 5.13. The Morgan fingerprint density at radius 3 is 2.52 bits per heavy atom. The molecule has 1 aromatic heterocycles. The average Bonchev–Trinajstić information content (AvgIpc) is 3.07. The number of benzene rings is 1. The lowest BCUT2D eigenvalue weighted by Crippen LogP contribution is -2.51. The lowest BCUT2D eigenvalue weighted by atomic mass is 10.2. The summed E-state index contributed by atoms with van der Waals surface area (Å²) in [6.07, 6.45) is 0. The van der Waals surface area contributed by atoms with Gasteiger partial charge in [-0.15, -0.1) is 0 Å². The summed E-state index contributed by atoms with van der Waals surface area (Å²) < 4.78 is 5.03. The Hall–Kier alpha value is -2.67. The fourth-order valence-corrected chi connectivity index (χ4v) is 2.78. The number of piperazine rings is 1. The standard InChI is InChI=1S/C18H22N4O3/c1-14-11-16(25-20-14)18(24)22-9-7-21(8-10-22)13-17(23)19-12-15-5-3-2-4-6-15/h2-6,11H,7-10,12-13H2,1H3,(H,19,23). The van der Waals surface area contributed by atoms with Crippen molar-refractivity contribution in [3.8, 4) is 0 Å². The number of aryl methyl sites for hydroxylation is 1. The van der Waals surface area contributed by atoms with Crippen molar-refractivity contribution in [2.75, 3.05) is 32.7 Å². The molecule has 0 bridgehead atoms. The first kappa shape index (κ1) is 17.2. The van der Waals surface area contributed by atoms with E-state index in [9.17, 15) is 9.59 Å². The molecule has 1 aliphatic rings. The van der Waals surface area contributed by atoms with Crippen molar-refractivity contribution in [2.45, 2.75) is 13.5 Å². The van der Waals surface area contributed by atoms with Gasteiger partial charge in [0.2, 0.25) is 11.7 Å². The van der Waals surface area contributed by atoms with E-state index in [4.69, 9.17) is 4.52 Å². The maximum absolute atomic E-state index is 12.3. The van der Waals surface area contributed by atoms with E-state index in [0.29, 0.717) is 45.0 Å². The van der Waals surface area contributed by atoms with Crippen LogP contribution in [-0.2, 0) is 11.3 Å². The van der Waals surface area contributed by atoms with Crippen molar-refractivity contribution in [2.24, 2.45) is 0 Å². The number of nitrogens with one attached hydrogen (secondary N) is 1. The molecule has 1 N–H and O–H groups in total. The Bertz CT molecular complexity index is 721. The maximum Gasteiger partial charge on any atom is 0.292 e. The summed E-state index contributed by atoms with van der Waals surface area (Å²) in [5.41, 5.74) is 1.77. The molecule has 1 saturated heterocycles. The Morgan fingerprint density at radius 1 is 1.16 bits per heavy atom. The molecule has 1 aromatic carbocycles. The SMILES string of the molecule is Cc1cc(C(=O)N2CCN(CC(=O)NCc3ccccc3)CC2)on1. The number of amides is 2. The zero-order valence-electron chi connectivity index (χ0n) is 14.3. The van der Waals surface area contributed by atoms with Gasteiger partial charge in [-0.05, 0) is 12.5 Å². The second-order valence-electron chi connectivity index (χ2n) is 6.16. The van der Waals surface area contributed by atoms with Crippen LogP contribution in [0.2, 0.25) is 0 Å². The van der Waals surface area contributed by atoms with Gasteiger partial charge in [0.25, 0.3) is 5.91 Å². The normalized spacial score (nSPS) is 15.2. The highest BCUT2D eigenvalue weighted by molar-refractivity contribution is 5.91. The van der Waals surface area contributed by atoms with Crippen LogP contribution in [0.4, 0.5) is 0 Å². The molecule has 1 aliphatic heterocycles. The van der Waals surface area contributed by atoms with Gasteiger partial charge in [-0.1, -0.05) is 35.5 Å². The first-order chi connectivity index (χ1) is 12.1. The molecule has 0 saturated carbocycles. The van der Waals surface area contributed by atoms with Gasteiger partial charge in [0.1, 0.15) is 0 Å². The second kappa shape index (κ2) is 7.94. The third kappa shape index (κ3) is 4.67. The number of aromatic nitrogens is 1. The smallest absolute Gasteiger partial charge is 0.292 e. The summed E-state index contributed by atoms with van der Waals surface area (Å²) in [5.74, 6) is 0.120. The van der Waals surface area contributed by atoms with Crippen LogP contribution < -0.4 is 5.32 Å². The van der Waals surface area contributed by atoms with Gasteiger partial charge in [-0.25, -0.2) is 0 Å². The Morgan fingerprint density at radius 2 is 1.88 bits per heavy atom. The molecule has 7 heteroatoms. The van der Waals surface area contributed by atoms with Gasteiger partial charge >= 0.3 is 0 Å². The van der Waals surface area contributed by atoms with E-state index in [-0.39, 0.29) is 17.6 Å². The molecule has 2 heterocycles. The number of hydrogen-bond donors (Lipinski definition) is 1. The quantitative estimate of drug-likeness (QED) is 0.879. The van der Waals surface area contributed by atoms with Crippen LogP contribution in [0.3, 0.4) is 0 Å². The zero-order chi connectivity index (χ0) is 17.6. The van der Waals surface area contributed by atoms with Crippen LogP contribution in [0.5, 0.6) is 0 Å². The van der Waals surface area contributed by atoms with Crippen LogP contribution in [0.25, 0.3) is 0 Å². The highest BCUT2D eigenvalue weighted by Gasteiger charge is 2.25. The molecule has 132 valence electrons. The zero-order valence-corrected chi connectivity index (χ0v) is 14.3. The monoisotopic (exact) mass is 342 g/mol. The van der Waals surface area contributed by atoms with E-state index in [2.05, 4.69) is 15.4 Å². The molecule has 0 unspecified atom stereocenters. The number of carbonyl (C=O) groups is 2. The lowest BCUT2D eigenvalue weighted by molar-refractivity contribution is -0.122. The first-order valence-corrected chi connectivity index (χ1v) is 8.37. The summed E-state index contributed by atoms with van der Waals surface area (Å²) in [5, 5.41) is 6.67. The first-order valence-electron chi connectivity index (χ1n) is 8.37. The lowest BCUT2D eigenvalue weighted by Gasteiger charge is -2.33. The van der Waals surface area contributed by atoms with E-state index in [1.807, 2.05) is 30.3 Å². The Labute approximate surface area is 146 Å². The van der Waals surface area contributed by atoms with E-state index in [0.717, 1.165) is 5.56 Å². The molecule has 1 fully saturated rings. The predicted octanol–water partition coefficient (Wildman–Crippen LogP) is 1.06. The minimum Gasteiger partial charge on any atom is -0.351 e. The molecule has 0 radical (unpaired) electrons. The van der Waals surface area contributed by atoms with Crippen molar-refractivity contribution in [3.05, 3.63) is 53.4 Å². The van der Waals surface area contributed by atoms with Crippen molar-refractivity contribution in [1.82, 2.24) is 20.3 Å². The minimum atomic E-state index is -0.145. The van der Waals surface area contributed by atoms with Gasteiger partial charge in [0.15, 0.2) is 0 Å². The highest BCUT2D eigenvalue weighted by atomic mass is 16.5. The van der Waals surface area contributed by atoms with E-state index < -0.39 is 0 Å². The maximum atomic E-state index is 12.3. The predicted molar refractivity (Wildman–Crippen MR) is 91.9 cm³/mol. The third-order valence-corrected chi connectivity index (χ3v) is 4.20. The van der Waals surface area contributed by atoms with Crippen molar-refractivity contribution in [3.63, 3.8) is 0 Å². The van der Waals surface area contributed by atoms with Crippen LogP contribution in [0.15, 0.2) is 40.9 Å². The average molecular weight is 342 g/mol. The molecule has 0 spiro atoms. The molecular weight excluding hydrogens is 320 g/mol. The topological polar surface area (TPSA) is 78.7 Å². The van der Waals surface area contributed by atoms with Gasteiger partial charge < -0.3 is 14.7 Å². The summed E-state index contributed by atoms with van der Waals surface area (Å²) in [7, 11) is 0. The van der Waals surface area contributed by atoms with E-state index >= 15 is 0 Å². The highest BCUT2D eigenvalue weighted by Crippen LogP contribution is 2.10. The molecule has 3 rings (SSSR count). The van der Waals surface area contributed by atoms with Gasteiger partial charge in [0.05, 0.1) is 12.2 Å². The van der Waals surface area contributed by atoms with E-state index in [1.54, 1.807) is 17.9 Å². The van der Waals surface area contributed by atoms with Crippen LogP contribution in [0, 0.1) is 6.92 Å². The molecular formula is C18H22N4O3. The molecule has 0 aliphatic carbocycles. The molecule has 2 aromatic rings. The summed E-state index contributed by atoms with van der Waals surface area (Å²) >= 11 is 0. The number of carbonyl (C=O) groups excluding carboxylic acids is 2. The number of rotatable bonds is 5. The fraction of sp³-hybridized carbons (Fsp3) is 0.389. The van der Waals surface area contributed by atoms with Gasteiger partial charge in [-0.3, -0.25) is 14.5 Å². The molecule has 7 nitrogen and oxygen atoms in total. The van der Waals surface area contributed by atoms with E-state index in [1.165, 1.54) is 0 Å². The molecule has 2 amide bonds. The third-order valence-electron chi connectivity index (χ3n) is 4.20. The van der Waals surface area contributed by atoms with Crippen LogP contribution in [-0.4, -0.2) is 59.5 Å². The minimum absolute atomic E-state index is 0.00510. The van der Waals surface area contributed by atoms with Crippen LogP contribution >= 0.6 is 0 Å². The fourth-order valence-electron chi connectivity index (χ4n) is 2.78. The van der Waals surface area contributed by atoms with Crippen molar-refractivity contribution in [1.29, 1.82) is 0 Å². The Kier molecular flexibility index (Phi) is 5.45. The van der Waals surface area contributed by atoms with Gasteiger partial charge in [-0.2, -0.15) is 0 Å². The molecule has 25 heavy (non-hydrogen) atoms. The number of hydrogen-bond acceptors (Lipinski definition) is 5. The van der Waals surface area contributed by atoms with Gasteiger partial charge in [0, 0.05) is 38.8 Å². The largest absolute Gasteiger partial charge is 0.351 e. The number of nitrogens with zero attached hydrogens (tertiary/aromatic N) is 3. The summed E-state index contributed by atoms with van der Waals surface area (Å²) in [4.78, 5) is 28.1. The second-order valence-corrected chi connectivity index (χ2v) is 6.16. The molecule has 0 atom stereocenters. The Balaban J connectivity index is 1.41. The van der Waals surface area contributed by atoms with Crippen molar-refractivity contribution < 1.29 is 14.1 Å². The van der Waals surface area contributed by atoms with Crippen molar-refractivity contribution >= 4 is 11.8 Å².